The lowest BCUT2D eigenvalue weighted by atomic mass is 10.1. The van der Waals surface area contributed by atoms with Gasteiger partial charge in [0.1, 0.15) is 11.5 Å². The number of hydrogen-bond donors (Lipinski definition) is 1. The standard InChI is InChI=1S/C19H19BrN2O4/c1-22(11-12-9-13(20)7-8-15(12)25-2)18(23)10-17-19(24)21-14-5-3-4-6-16(14)26-17/h3-9,17H,10-11H2,1-2H3,(H,21,24). The summed E-state index contributed by atoms with van der Waals surface area (Å²) in [5, 5.41) is 2.77. The molecule has 0 saturated heterocycles. The number of carbonyl (C=O) groups is 2. The third-order valence-electron chi connectivity index (χ3n) is 4.14. The first-order chi connectivity index (χ1) is 12.5. The Morgan fingerprint density at radius 1 is 1.31 bits per heavy atom. The van der Waals surface area contributed by atoms with Crippen LogP contribution in [0, 0.1) is 0 Å². The molecule has 0 fully saturated rings. The zero-order valence-corrected chi connectivity index (χ0v) is 16.1. The Labute approximate surface area is 160 Å². The second-order valence-corrected chi connectivity index (χ2v) is 6.92. The number of rotatable bonds is 5. The molecule has 0 bridgehead atoms. The van der Waals surface area contributed by atoms with E-state index >= 15 is 0 Å². The number of carbonyl (C=O) groups excluding carboxylic acids is 2. The maximum absolute atomic E-state index is 12.6. The van der Waals surface area contributed by atoms with Crippen LogP contribution in [-0.4, -0.2) is 37.0 Å². The number of fused-ring (bicyclic) bond motifs is 1. The molecule has 0 saturated carbocycles. The van der Waals surface area contributed by atoms with Gasteiger partial charge in [0.05, 0.1) is 19.2 Å². The lowest BCUT2D eigenvalue weighted by Crippen LogP contribution is -2.41. The molecule has 6 nitrogen and oxygen atoms in total. The number of ether oxygens (including phenoxy) is 2. The number of methoxy groups -OCH3 is 1. The Balaban J connectivity index is 1.67. The first-order valence-electron chi connectivity index (χ1n) is 8.11. The molecule has 1 atom stereocenters. The van der Waals surface area contributed by atoms with Crippen molar-refractivity contribution in [3.63, 3.8) is 0 Å². The minimum atomic E-state index is -0.843. The molecule has 1 heterocycles. The molecule has 1 aliphatic rings. The number of para-hydroxylation sites is 2. The van der Waals surface area contributed by atoms with Crippen molar-refractivity contribution in [3.05, 3.63) is 52.5 Å². The van der Waals surface area contributed by atoms with Gasteiger partial charge in [-0.15, -0.1) is 0 Å². The highest BCUT2D eigenvalue weighted by Crippen LogP contribution is 2.30. The van der Waals surface area contributed by atoms with Crippen LogP contribution in [0.25, 0.3) is 0 Å². The third-order valence-corrected chi connectivity index (χ3v) is 4.64. The van der Waals surface area contributed by atoms with E-state index in [4.69, 9.17) is 9.47 Å². The Bertz CT molecular complexity index is 840. The van der Waals surface area contributed by atoms with Gasteiger partial charge in [-0.3, -0.25) is 9.59 Å². The Morgan fingerprint density at radius 3 is 2.85 bits per heavy atom. The Kier molecular flexibility index (Phi) is 5.46. The van der Waals surface area contributed by atoms with Gasteiger partial charge in [-0.1, -0.05) is 28.1 Å². The molecule has 0 radical (unpaired) electrons. The molecule has 0 aliphatic carbocycles. The highest BCUT2D eigenvalue weighted by atomic mass is 79.9. The topological polar surface area (TPSA) is 67.9 Å². The molecule has 26 heavy (non-hydrogen) atoms. The largest absolute Gasteiger partial charge is 0.496 e. The van der Waals surface area contributed by atoms with Crippen LogP contribution in [0.5, 0.6) is 11.5 Å². The average molecular weight is 419 g/mol. The third kappa shape index (κ3) is 3.99. The van der Waals surface area contributed by atoms with Crippen molar-refractivity contribution in [2.75, 3.05) is 19.5 Å². The average Bonchev–Trinajstić information content (AvgIpc) is 2.62. The van der Waals surface area contributed by atoms with Crippen molar-refractivity contribution < 1.29 is 19.1 Å². The predicted octanol–water partition coefficient (Wildman–Crippen LogP) is 3.21. The summed E-state index contributed by atoms with van der Waals surface area (Å²) in [7, 11) is 3.28. The summed E-state index contributed by atoms with van der Waals surface area (Å²) in [5.74, 6) is 0.770. The molecule has 1 N–H and O–H groups in total. The summed E-state index contributed by atoms with van der Waals surface area (Å²) in [6.07, 6.45) is -0.878. The number of hydrogen-bond acceptors (Lipinski definition) is 4. The van der Waals surface area contributed by atoms with Gasteiger partial charge < -0.3 is 19.7 Å². The number of halogens is 1. The van der Waals surface area contributed by atoms with Gasteiger partial charge in [0, 0.05) is 23.6 Å². The van der Waals surface area contributed by atoms with Gasteiger partial charge in [0.2, 0.25) is 5.91 Å². The molecular weight excluding hydrogens is 400 g/mol. The van der Waals surface area contributed by atoms with E-state index < -0.39 is 6.10 Å². The zero-order valence-electron chi connectivity index (χ0n) is 14.5. The minimum absolute atomic E-state index is 0.0347. The lowest BCUT2D eigenvalue weighted by Gasteiger charge is -2.27. The van der Waals surface area contributed by atoms with Gasteiger partial charge in [-0.05, 0) is 30.3 Å². The number of amides is 2. The van der Waals surface area contributed by atoms with Crippen LogP contribution in [0.4, 0.5) is 5.69 Å². The zero-order chi connectivity index (χ0) is 18.7. The SMILES string of the molecule is COc1ccc(Br)cc1CN(C)C(=O)CC1Oc2ccccc2NC1=O. The maximum atomic E-state index is 12.6. The molecule has 7 heteroatoms. The summed E-state index contributed by atoms with van der Waals surface area (Å²) in [4.78, 5) is 26.3. The monoisotopic (exact) mass is 418 g/mol. The number of benzene rings is 2. The molecule has 0 spiro atoms. The second kappa shape index (κ2) is 7.78. The lowest BCUT2D eigenvalue weighted by molar-refractivity contribution is -0.136. The first-order valence-corrected chi connectivity index (χ1v) is 8.90. The fourth-order valence-corrected chi connectivity index (χ4v) is 3.16. The summed E-state index contributed by atoms with van der Waals surface area (Å²) < 4.78 is 11.9. The van der Waals surface area contributed by atoms with Crippen LogP contribution in [0.2, 0.25) is 0 Å². The summed E-state index contributed by atoms with van der Waals surface area (Å²) in [6.45, 7) is 0.367. The van der Waals surface area contributed by atoms with E-state index in [0.717, 1.165) is 10.0 Å². The van der Waals surface area contributed by atoms with Crippen LogP contribution in [0.3, 0.4) is 0 Å². The van der Waals surface area contributed by atoms with E-state index in [2.05, 4.69) is 21.2 Å². The van der Waals surface area contributed by atoms with Gasteiger partial charge in [0.15, 0.2) is 6.10 Å². The van der Waals surface area contributed by atoms with Crippen LogP contribution < -0.4 is 14.8 Å². The van der Waals surface area contributed by atoms with E-state index in [1.807, 2.05) is 30.3 Å². The van der Waals surface area contributed by atoms with Crippen molar-refractivity contribution in [2.45, 2.75) is 19.1 Å². The fraction of sp³-hybridized carbons (Fsp3) is 0.263. The summed E-state index contributed by atoms with van der Waals surface area (Å²) in [6, 6.07) is 12.8. The van der Waals surface area contributed by atoms with Crippen molar-refractivity contribution in [2.24, 2.45) is 0 Å². The molecule has 3 rings (SSSR count). The second-order valence-electron chi connectivity index (χ2n) is 6.00. The molecule has 1 unspecified atom stereocenters. The first kappa shape index (κ1) is 18.3. The smallest absolute Gasteiger partial charge is 0.266 e. The highest BCUT2D eigenvalue weighted by molar-refractivity contribution is 9.10. The van der Waals surface area contributed by atoms with E-state index in [9.17, 15) is 9.59 Å². The van der Waals surface area contributed by atoms with Gasteiger partial charge >= 0.3 is 0 Å². The van der Waals surface area contributed by atoms with Gasteiger partial charge in [-0.25, -0.2) is 0 Å². The van der Waals surface area contributed by atoms with Gasteiger partial charge in [0.25, 0.3) is 5.91 Å². The predicted molar refractivity (Wildman–Crippen MR) is 101 cm³/mol. The van der Waals surface area contributed by atoms with E-state index in [-0.39, 0.29) is 18.2 Å². The van der Waals surface area contributed by atoms with Crippen LogP contribution in [0.1, 0.15) is 12.0 Å². The minimum Gasteiger partial charge on any atom is -0.496 e. The number of nitrogens with zero attached hydrogens (tertiary/aromatic N) is 1. The molecule has 2 amide bonds. The summed E-state index contributed by atoms with van der Waals surface area (Å²) in [5.41, 5.74) is 1.49. The van der Waals surface area contributed by atoms with Crippen molar-refractivity contribution >= 4 is 33.4 Å². The van der Waals surface area contributed by atoms with Crippen LogP contribution in [0.15, 0.2) is 46.9 Å². The molecule has 136 valence electrons. The maximum Gasteiger partial charge on any atom is 0.266 e. The van der Waals surface area contributed by atoms with Crippen molar-refractivity contribution in [1.82, 2.24) is 4.90 Å². The Hall–Kier alpha value is -2.54. The number of anilines is 1. The van der Waals surface area contributed by atoms with E-state index in [1.54, 1.807) is 31.2 Å². The van der Waals surface area contributed by atoms with Crippen LogP contribution >= 0.6 is 15.9 Å². The van der Waals surface area contributed by atoms with Crippen molar-refractivity contribution in [3.8, 4) is 11.5 Å². The van der Waals surface area contributed by atoms with Crippen molar-refractivity contribution in [1.29, 1.82) is 0 Å². The Morgan fingerprint density at radius 2 is 2.08 bits per heavy atom. The molecule has 1 aliphatic heterocycles. The van der Waals surface area contributed by atoms with Gasteiger partial charge in [-0.2, -0.15) is 0 Å². The molecule has 0 aromatic heterocycles. The van der Waals surface area contributed by atoms with E-state index in [0.29, 0.717) is 23.7 Å². The summed E-state index contributed by atoms with van der Waals surface area (Å²) >= 11 is 3.42. The molecule has 2 aromatic rings. The molecule has 2 aromatic carbocycles. The normalized spacial score (nSPS) is 15.5. The molecular formula is C19H19BrN2O4. The van der Waals surface area contributed by atoms with E-state index in [1.165, 1.54) is 0 Å². The quantitative estimate of drug-likeness (QED) is 0.809. The number of nitrogens with one attached hydrogen (secondary N) is 1. The van der Waals surface area contributed by atoms with Crippen LogP contribution in [-0.2, 0) is 16.1 Å². The fourth-order valence-electron chi connectivity index (χ4n) is 2.76. The highest BCUT2D eigenvalue weighted by Gasteiger charge is 2.30.